The van der Waals surface area contributed by atoms with Gasteiger partial charge in [-0.25, -0.2) is 0 Å². The van der Waals surface area contributed by atoms with Crippen LogP contribution in [0.3, 0.4) is 0 Å². The van der Waals surface area contributed by atoms with Crippen molar-refractivity contribution in [2.24, 2.45) is 5.92 Å². The molecule has 158 valence electrons. The molecule has 0 radical (unpaired) electrons. The molecule has 0 aliphatic carbocycles. The van der Waals surface area contributed by atoms with E-state index >= 15 is 0 Å². The SMILES string of the molecule is C[C@@H](C/C=C/C(C)(C)O)CCO[Si](c1ccccc1)(c1ccccc1)C(C)(C)C. The molecule has 29 heavy (non-hydrogen) atoms. The Balaban J connectivity index is 2.24. The maximum atomic E-state index is 9.85. The van der Waals surface area contributed by atoms with Gasteiger partial charge in [0.05, 0.1) is 5.60 Å². The van der Waals surface area contributed by atoms with Crippen molar-refractivity contribution >= 4 is 18.7 Å². The van der Waals surface area contributed by atoms with Crippen LogP contribution in [0.15, 0.2) is 72.8 Å². The van der Waals surface area contributed by atoms with Gasteiger partial charge in [-0.05, 0) is 48.0 Å². The molecule has 0 saturated heterocycles. The molecule has 0 saturated carbocycles. The smallest absolute Gasteiger partial charge is 0.261 e. The lowest BCUT2D eigenvalue weighted by Crippen LogP contribution is -2.66. The van der Waals surface area contributed by atoms with Gasteiger partial charge in [-0.1, -0.05) is 101 Å². The lowest BCUT2D eigenvalue weighted by atomic mass is 10.0. The largest absolute Gasteiger partial charge is 0.407 e. The van der Waals surface area contributed by atoms with E-state index in [1.165, 1.54) is 10.4 Å². The first-order chi connectivity index (χ1) is 13.6. The van der Waals surface area contributed by atoms with Crippen molar-refractivity contribution in [1.29, 1.82) is 0 Å². The Hall–Kier alpha value is -1.68. The normalized spacial score (nSPS) is 14.3. The van der Waals surface area contributed by atoms with Gasteiger partial charge in [0.15, 0.2) is 0 Å². The second-order valence-corrected chi connectivity index (χ2v) is 14.0. The van der Waals surface area contributed by atoms with Crippen LogP contribution in [0.2, 0.25) is 5.04 Å². The molecule has 0 unspecified atom stereocenters. The lowest BCUT2D eigenvalue weighted by Gasteiger charge is -2.43. The Labute approximate surface area is 178 Å². The standard InChI is InChI=1S/C26H38O2Si/c1-22(14-13-20-26(5,6)27)19-21-28-29(25(2,3)4,23-15-9-7-10-16-23)24-17-11-8-12-18-24/h7-13,15-18,20,22,27H,14,19,21H2,1-6H3/b20-13+/t22-/m0/s1. The summed E-state index contributed by atoms with van der Waals surface area (Å²) in [6.07, 6.45) is 5.93. The van der Waals surface area contributed by atoms with E-state index < -0.39 is 13.9 Å². The van der Waals surface area contributed by atoms with Crippen LogP contribution < -0.4 is 10.4 Å². The summed E-state index contributed by atoms with van der Waals surface area (Å²) in [4.78, 5) is 0. The topological polar surface area (TPSA) is 29.5 Å². The molecule has 0 heterocycles. The van der Waals surface area contributed by atoms with E-state index in [0.717, 1.165) is 19.4 Å². The average molecular weight is 411 g/mol. The highest BCUT2D eigenvalue weighted by atomic mass is 28.4. The molecule has 2 nitrogen and oxygen atoms in total. The highest BCUT2D eigenvalue weighted by molar-refractivity contribution is 6.99. The molecule has 0 bridgehead atoms. The van der Waals surface area contributed by atoms with Crippen LogP contribution in [-0.2, 0) is 4.43 Å². The minimum absolute atomic E-state index is 0.0137. The highest BCUT2D eigenvalue weighted by Crippen LogP contribution is 2.37. The van der Waals surface area contributed by atoms with E-state index in [0.29, 0.717) is 5.92 Å². The Morgan fingerprint density at radius 1 is 0.897 bits per heavy atom. The number of rotatable bonds is 9. The third-order valence-corrected chi connectivity index (χ3v) is 10.5. The molecule has 1 atom stereocenters. The van der Waals surface area contributed by atoms with E-state index in [4.69, 9.17) is 4.43 Å². The van der Waals surface area contributed by atoms with Gasteiger partial charge >= 0.3 is 0 Å². The second kappa shape index (κ2) is 9.88. The van der Waals surface area contributed by atoms with E-state index in [1.54, 1.807) is 13.8 Å². The second-order valence-electron chi connectivity index (χ2n) is 9.70. The van der Waals surface area contributed by atoms with E-state index in [-0.39, 0.29) is 5.04 Å². The number of hydrogen-bond donors (Lipinski definition) is 1. The number of allylic oxidation sites excluding steroid dienone is 1. The first-order valence-corrected chi connectivity index (χ1v) is 12.6. The summed E-state index contributed by atoms with van der Waals surface area (Å²) in [7, 11) is -2.44. The molecule has 0 aromatic heterocycles. The van der Waals surface area contributed by atoms with Gasteiger partial charge in [0.2, 0.25) is 0 Å². The Bertz CT molecular complexity index is 715. The zero-order valence-corrected chi connectivity index (χ0v) is 20.0. The van der Waals surface area contributed by atoms with E-state index in [9.17, 15) is 5.11 Å². The molecular formula is C26H38O2Si. The van der Waals surface area contributed by atoms with Gasteiger partial charge in [-0.2, -0.15) is 0 Å². The molecule has 2 rings (SSSR count). The Morgan fingerprint density at radius 3 is 1.79 bits per heavy atom. The summed E-state index contributed by atoms with van der Waals surface area (Å²) in [5.74, 6) is 0.506. The van der Waals surface area contributed by atoms with Gasteiger partial charge in [-0.3, -0.25) is 0 Å². The molecule has 0 aliphatic heterocycles. The third kappa shape index (κ3) is 6.40. The van der Waals surface area contributed by atoms with Gasteiger partial charge < -0.3 is 9.53 Å². The Kier molecular flexibility index (Phi) is 8.04. The fourth-order valence-electron chi connectivity index (χ4n) is 3.88. The fraction of sp³-hybridized carbons (Fsp3) is 0.462. The zero-order valence-electron chi connectivity index (χ0n) is 19.0. The maximum Gasteiger partial charge on any atom is 0.261 e. The molecular weight excluding hydrogens is 372 g/mol. The van der Waals surface area contributed by atoms with Gasteiger partial charge in [0, 0.05) is 6.61 Å². The van der Waals surface area contributed by atoms with Crippen LogP contribution in [0.1, 0.15) is 54.4 Å². The van der Waals surface area contributed by atoms with Gasteiger partial charge in [-0.15, -0.1) is 0 Å². The molecule has 0 aliphatic rings. The summed E-state index contributed by atoms with van der Waals surface area (Å²) < 4.78 is 6.95. The molecule has 2 aromatic carbocycles. The molecule has 0 fully saturated rings. The average Bonchev–Trinajstić information content (AvgIpc) is 2.64. The van der Waals surface area contributed by atoms with Crippen LogP contribution in [0, 0.1) is 5.92 Å². The summed E-state index contributed by atoms with van der Waals surface area (Å²) >= 11 is 0. The van der Waals surface area contributed by atoms with E-state index in [1.807, 2.05) is 6.08 Å². The lowest BCUT2D eigenvalue weighted by molar-refractivity contribution is 0.132. The maximum absolute atomic E-state index is 9.85. The summed E-state index contributed by atoms with van der Waals surface area (Å²) in [5, 5.41) is 12.5. The third-order valence-electron chi connectivity index (χ3n) is 5.41. The van der Waals surface area contributed by atoms with Crippen molar-refractivity contribution in [2.45, 2.75) is 65.0 Å². The van der Waals surface area contributed by atoms with Crippen LogP contribution in [0.25, 0.3) is 0 Å². The summed E-state index contributed by atoms with van der Waals surface area (Å²) in [5.41, 5.74) is -0.745. The molecule has 0 amide bonds. The van der Waals surface area contributed by atoms with Crippen molar-refractivity contribution in [3.05, 3.63) is 72.8 Å². The zero-order chi connectivity index (χ0) is 21.5. The van der Waals surface area contributed by atoms with Crippen molar-refractivity contribution in [3.63, 3.8) is 0 Å². The van der Waals surface area contributed by atoms with E-state index in [2.05, 4.69) is 94.4 Å². The molecule has 2 aromatic rings. The van der Waals surface area contributed by atoms with Crippen molar-refractivity contribution < 1.29 is 9.53 Å². The van der Waals surface area contributed by atoms with Crippen molar-refractivity contribution in [1.82, 2.24) is 0 Å². The number of hydrogen-bond acceptors (Lipinski definition) is 2. The van der Waals surface area contributed by atoms with Gasteiger partial charge in [0.25, 0.3) is 8.32 Å². The van der Waals surface area contributed by atoms with Crippen molar-refractivity contribution in [3.8, 4) is 0 Å². The summed E-state index contributed by atoms with van der Waals surface area (Å²) in [6, 6.07) is 21.6. The molecule has 0 spiro atoms. The highest BCUT2D eigenvalue weighted by Gasteiger charge is 2.49. The molecule has 1 N–H and O–H groups in total. The quantitative estimate of drug-likeness (QED) is 0.449. The first-order valence-electron chi connectivity index (χ1n) is 10.7. The fourth-order valence-corrected chi connectivity index (χ4v) is 8.46. The first kappa shape index (κ1) is 23.6. The van der Waals surface area contributed by atoms with Gasteiger partial charge in [0.1, 0.15) is 0 Å². The Morgan fingerprint density at radius 2 is 1.38 bits per heavy atom. The predicted octanol–water partition coefficient (Wildman–Crippen LogP) is 5.31. The molecule has 3 heteroatoms. The number of benzene rings is 2. The van der Waals surface area contributed by atoms with Crippen LogP contribution in [0.5, 0.6) is 0 Å². The van der Waals surface area contributed by atoms with Crippen LogP contribution in [-0.4, -0.2) is 25.6 Å². The number of aliphatic hydroxyl groups is 1. The van der Waals surface area contributed by atoms with Crippen LogP contribution in [0.4, 0.5) is 0 Å². The minimum Gasteiger partial charge on any atom is -0.407 e. The summed E-state index contributed by atoms with van der Waals surface area (Å²) in [6.45, 7) is 13.5. The monoisotopic (exact) mass is 410 g/mol. The van der Waals surface area contributed by atoms with Crippen molar-refractivity contribution in [2.75, 3.05) is 6.61 Å². The predicted molar refractivity (Wildman–Crippen MR) is 127 cm³/mol. The minimum atomic E-state index is -2.44. The van der Waals surface area contributed by atoms with Crippen LogP contribution >= 0.6 is 0 Å².